The van der Waals surface area contributed by atoms with E-state index in [4.69, 9.17) is 0 Å². The molecule has 0 aliphatic heterocycles. The Labute approximate surface area is 92.9 Å². The lowest BCUT2D eigenvalue weighted by atomic mass is 10.2. The van der Waals surface area contributed by atoms with Crippen molar-refractivity contribution < 1.29 is 4.79 Å². The standard InChI is InChI=1S/C12H13NOS/c1-9(14)13-7-6-11-8-10-4-2-3-5-12(10)15-11/h2-5,8H,6-7H2,1H3,(H,13,14). The van der Waals surface area contributed by atoms with Gasteiger partial charge in [0.2, 0.25) is 5.91 Å². The van der Waals surface area contributed by atoms with Crippen LogP contribution in [-0.2, 0) is 11.2 Å². The molecule has 1 N–H and O–H groups in total. The van der Waals surface area contributed by atoms with Crippen molar-refractivity contribution in [1.82, 2.24) is 5.32 Å². The van der Waals surface area contributed by atoms with E-state index >= 15 is 0 Å². The van der Waals surface area contributed by atoms with E-state index < -0.39 is 0 Å². The first-order valence-electron chi connectivity index (χ1n) is 4.97. The van der Waals surface area contributed by atoms with Crippen LogP contribution in [0.5, 0.6) is 0 Å². The number of nitrogens with one attached hydrogen (secondary N) is 1. The summed E-state index contributed by atoms with van der Waals surface area (Å²) in [5.74, 6) is 0.0381. The number of amides is 1. The number of thiophene rings is 1. The van der Waals surface area contributed by atoms with E-state index in [9.17, 15) is 4.79 Å². The van der Waals surface area contributed by atoms with Gasteiger partial charge >= 0.3 is 0 Å². The second-order valence-corrected chi connectivity index (χ2v) is 4.65. The van der Waals surface area contributed by atoms with E-state index in [0.717, 1.165) is 13.0 Å². The molecule has 0 spiro atoms. The van der Waals surface area contributed by atoms with Gasteiger partial charge in [0.05, 0.1) is 0 Å². The molecule has 0 atom stereocenters. The van der Waals surface area contributed by atoms with E-state index in [2.05, 4.69) is 29.6 Å². The fourth-order valence-corrected chi connectivity index (χ4v) is 2.59. The van der Waals surface area contributed by atoms with Crippen LogP contribution in [0.15, 0.2) is 30.3 Å². The highest BCUT2D eigenvalue weighted by molar-refractivity contribution is 7.19. The lowest BCUT2D eigenvalue weighted by Crippen LogP contribution is -2.21. The summed E-state index contributed by atoms with van der Waals surface area (Å²) in [7, 11) is 0. The summed E-state index contributed by atoms with van der Waals surface area (Å²) in [5.41, 5.74) is 0. The normalized spacial score (nSPS) is 10.5. The van der Waals surface area contributed by atoms with Crippen molar-refractivity contribution in [2.45, 2.75) is 13.3 Å². The van der Waals surface area contributed by atoms with Crippen molar-refractivity contribution in [3.63, 3.8) is 0 Å². The van der Waals surface area contributed by atoms with Gasteiger partial charge < -0.3 is 5.32 Å². The Morgan fingerprint density at radius 3 is 2.93 bits per heavy atom. The maximum absolute atomic E-state index is 10.7. The molecule has 2 aromatic rings. The molecule has 0 unspecified atom stereocenters. The Morgan fingerprint density at radius 1 is 1.40 bits per heavy atom. The molecule has 1 aromatic heterocycles. The molecule has 1 heterocycles. The highest BCUT2D eigenvalue weighted by Crippen LogP contribution is 2.25. The van der Waals surface area contributed by atoms with Crippen LogP contribution in [0.25, 0.3) is 10.1 Å². The van der Waals surface area contributed by atoms with Gasteiger partial charge in [0, 0.05) is 23.0 Å². The molecular weight excluding hydrogens is 206 g/mol. The van der Waals surface area contributed by atoms with Crippen molar-refractivity contribution in [1.29, 1.82) is 0 Å². The van der Waals surface area contributed by atoms with Crippen LogP contribution in [-0.4, -0.2) is 12.5 Å². The predicted molar refractivity (Wildman–Crippen MR) is 64.2 cm³/mol. The third-order valence-electron chi connectivity index (χ3n) is 2.22. The van der Waals surface area contributed by atoms with Crippen LogP contribution >= 0.6 is 11.3 Å². The minimum absolute atomic E-state index is 0.0381. The van der Waals surface area contributed by atoms with Gasteiger partial charge in [-0.3, -0.25) is 4.79 Å². The third kappa shape index (κ3) is 2.57. The minimum Gasteiger partial charge on any atom is -0.356 e. The fourth-order valence-electron chi connectivity index (χ4n) is 1.52. The number of carbonyl (C=O) groups excluding carboxylic acids is 1. The van der Waals surface area contributed by atoms with Crippen molar-refractivity contribution in [3.05, 3.63) is 35.2 Å². The van der Waals surface area contributed by atoms with E-state index in [-0.39, 0.29) is 5.91 Å². The van der Waals surface area contributed by atoms with Gasteiger partial charge in [-0.2, -0.15) is 0 Å². The summed E-state index contributed by atoms with van der Waals surface area (Å²) in [6, 6.07) is 10.5. The second-order valence-electron chi connectivity index (χ2n) is 3.48. The van der Waals surface area contributed by atoms with E-state index in [0.29, 0.717) is 0 Å². The van der Waals surface area contributed by atoms with Gasteiger partial charge in [-0.1, -0.05) is 18.2 Å². The zero-order valence-electron chi connectivity index (χ0n) is 8.62. The molecule has 2 rings (SSSR count). The summed E-state index contributed by atoms with van der Waals surface area (Å²) < 4.78 is 1.32. The second kappa shape index (κ2) is 4.45. The lowest BCUT2D eigenvalue weighted by Gasteiger charge is -1.98. The Kier molecular flexibility index (Phi) is 3.02. The number of rotatable bonds is 3. The van der Waals surface area contributed by atoms with E-state index in [1.54, 1.807) is 18.3 Å². The number of hydrogen-bond donors (Lipinski definition) is 1. The summed E-state index contributed by atoms with van der Waals surface area (Å²) >= 11 is 1.80. The molecule has 15 heavy (non-hydrogen) atoms. The monoisotopic (exact) mass is 219 g/mol. The SMILES string of the molecule is CC(=O)NCCc1cc2ccccc2s1. The van der Waals surface area contributed by atoms with Crippen LogP contribution < -0.4 is 5.32 Å². The molecule has 1 amide bonds. The van der Waals surface area contributed by atoms with Crippen LogP contribution in [0.2, 0.25) is 0 Å². The molecule has 0 fully saturated rings. The van der Waals surface area contributed by atoms with Gasteiger partial charge in [0.1, 0.15) is 0 Å². The zero-order valence-corrected chi connectivity index (χ0v) is 9.43. The van der Waals surface area contributed by atoms with Crippen molar-refractivity contribution in [3.8, 4) is 0 Å². The Morgan fingerprint density at radius 2 is 2.20 bits per heavy atom. The van der Waals surface area contributed by atoms with Crippen LogP contribution in [0, 0.1) is 0 Å². The lowest BCUT2D eigenvalue weighted by molar-refractivity contribution is -0.118. The van der Waals surface area contributed by atoms with Gasteiger partial charge in [-0.25, -0.2) is 0 Å². The van der Waals surface area contributed by atoms with Crippen LogP contribution in [0.1, 0.15) is 11.8 Å². The van der Waals surface area contributed by atoms with Gasteiger partial charge in [-0.15, -0.1) is 11.3 Å². The maximum Gasteiger partial charge on any atom is 0.216 e. The molecule has 0 saturated carbocycles. The van der Waals surface area contributed by atoms with Gasteiger partial charge in [0.15, 0.2) is 0 Å². The average Bonchev–Trinajstić information content (AvgIpc) is 2.59. The molecule has 0 aliphatic rings. The fraction of sp³-hybridized carbons (Fsp3) is 0.250. The number of fused-ring (bicyclic) bond motifs is 1. The molecule has 3 heteroatoms. The Bertz CT molecular complexity index is 442. The van der Waals surface area contributed by atoms with Gasteiger partial charge in [-0.05, 0) is 23.9 Å². The van der Waals surface area contributed by atoms with E-state index in [1.165, 1.54) is 15.0 Å². The van der Waals surface area contributed by atoms with Crippen LogP contribution in [0.4, 0.5) is 0 Å². The maximum atomic E-state index is 10.7. The molecule has 1 aromatic carbocycles. The molecule has 0 radical (unpaired) electrons. The quantitative estimate of drug-likeness (QED) is 0.844. The number of carbonyl (C=O) groups is 1. The molecule has 2 nitrogen and oxygen atoms in total. The summed E-state index contributed by atoms with van der Waals surface area (Å²) in [6.45, 7) is 2.27. The first-order chi connectivity index (χ1) is 7.25. The molecule has 0 aliphatic carbocycles. The smallest absolute Gasteiger partial charge is 0.216 e. The predicted octanol–water partition coefficient (Wildman–Crippen LogP) is 2.58. The topological polar surface area (TPSA) is 29.1 Å². The Balaban J connectivity index is 2.05. The van der Waals surface area contributed by atoms with Crippen molar-refractivity contribution in [2.24, 2.45) is 0 Å². The molecule has 0 bridgehead atoms. The molecular formula is C12H13NOS. The van der Waals surface area contributed by atoms with Crippen LogP contribution in [0.3, 0.4) is 0 Å². The number of hydrogen-bond acceptors (Lipinski definition) is 2. The highest BCUT2D eigenvalue weighted by atomic mass is 32.1. The third-order valence-corrected chi connectivity index (χ3v) is 3.40. The van der Waals surface area contributed by atoms with Crippen molar-refractivity contribution >= 4 is 27.3 Å². The first-order valence-corrected chi connectivity index (χ1v) is 5.79. The first kappa shape index (κ1) is 10.2. The Hall–Kier alpha value is -1.35. The average molecular weight is 219 g/mol. The zero-order chi connectivity index (χ0) is 10.7. The molecule has 78 valence electrons. The summed E-state index contributed by atoms with van der Waals surface area (Å²) in [5, 5.41) is 4.10. The minimum atomic E-state index is 0.0381. The van der Waals surface area contributed by atoms with Gasteiger partial charge in [0.25, 0.3) is 0 Å². The summed E-state index contributed by atoms with van der Waals surface area (Å²) in [6.07, 6.45) is 0.916. The molecule has 0 saturated heterocycles. The number of benzene rings is 1. The summed E-state index contributed by atoms with van der Waals surface area (Å²) in [4.78, 5) is 12.0. The van der Waals surface area contributed by atoms with Crippen molar-refractivity contribution in [2.75, 3.05) is 6.54 Å². The largest absolute Gasteiger partial charge is 0.356 e. The highest BCUT2D eigenvalue weighted by Gasteiger charge is 2.00. The van der Waals surface area contributed by atoms with E-state index in [1.807, 2.05) is 6.07 Å².